The van der Waals surface area contributed by atoms with Crippen LogP contribution in [0, 0.1) is 0 Å². The van der Waals surface area contributed by atoms with E-state index in [0.717, 1.165) is 23.9 Å². The van der Waals surface area contributed by atoms with Crippen molar-refractivity contribution in [1.29, 1.82) is 0 Å². The molecule has 140 valence electrons. The Labute approximate surface area is 154 Å². The molecule has 1 amide bonds. The summed E-state index contributed by atoms with van der Waals surface area (Å²) in [6, 6.07) is 7.73. The van der Waals surface area contributed by atoms with Gasteiger partial charge in [0.25, 0.3) is 0 Å². The van der Waals surface area contributed by atoms with Crippen molar-refractivity contribution in [3.8, 4) is 0 Å². The van der Waals surface area contributed by atoms with Crippen LogP contribution in [0.3, 0.4) is 0 Å². The number of ether oxygens (including phenoxy) is 1. The van der Waals surface area contributed by atoms with Crippen LogP contribution in [0.15, 0.2) is 24.3 Å². The summed E-state index contributed by atoms with van der Waals surface area (Å²) in [6.45, 7) is 7.00. The lowest BCUT2D eigenvalue weighted by Crippen LogP contribution is -2.44. The third-order valence-corrected chi connectivity index (χ3v) is 4.43. The highest BCUT2D eigenvalue weighted by Gasteiger charge is 2.33. The van der Waals surface area contributed by atoms with Crippen LogP contribution in [-0.2, 0) is 4.74 Å². The normalized spacial score (nSPS) is 17.5. The largest absolute Gasteiger partial charge is 0.444 e. The molecule has 1 fully saturated rings. The smallest absolute Gasteiger partial charge is 0.410 e. The fourth-order valence-electron chi connectivity index (χ4n) is 3.27. The quantitative estimate of drug-likeness (QED) is 0.909. The van der Waals surface area contributed by atoms with E-state index >= 15 is 0 Å². The molecule has 0 unspecified atom stereocenters. The number of fused-ring (bicyclic) bond motifs is 1. The van der Waals surface area contributed by atoms with Crippen LogP contribution in [0.5, 0.6) is 0 Å². The number of likely N-dealkylation sites (tertiary alicyclic amines) is 1. The number of likely N-dealkylation sites (N-methyl/N-ethyl adjacent to an activating group) is 1. The van der Waals surface area contributed by atoms with Crippen molar-refractivity contribution in [3.05, 3.63) is 24.3 Å². The first-order valence-corrected chi connectivity index (χ1v) is 8.97. The van der Waals surface area contributed by atoms with Gasteiger partial charge in [0.2, 0.25) is 0 Å². The molecule has 2 heterocycles. The highest BCUT2D eigenvalue weighted by atomic mass is 16.6. The SMILES string of the molecule is CN(C[C@H]1CCCN1C(=O)OC(C)(C)C)c1nc2ccccc2nc1N. The molecule has 7 nitrogen and oxygen atoms in total. The maximum atomic E-state index is 12.5. The Bertz CT molecular complexity index is 802. The Morgan fingerprint density at radius 1 is 1.31 bits per heavy atom. The molecule has 0 saturated carbocycles. The van der Waals surface area contributed by atoms with Gasteiger partial charge < -0.3 is 20.3 Å². The number of rotatable bonds is 3. The first-order chi connectivity index (χ1) is 12.2. The number of nitrogens with two attached hydrogens (primary N) is 1. The first-order valence-electron chi connectivity index (χ1n) is 8.97. The lowest BCUT2D eigenvalue weighted by molar-refractivity contribution is 0.0232. The molecule has 3 rings (SSSR count). The van der Waals surface area contributed by atoms with Crippen LogP contribution < -0.4 is 10.6 Å². The standard InChI is InChI=1S/C19H27N5O2/c1-19(2,3)26-18(25)24-11-7-8-13(24)12-23(4)17-16(20)21-14-9-5-6-10-15(14)22-17/h5-6,9-10,13H,7-8,11-12H2,1-4H3,(H2,20,21)/t13-/m1/s1. The Hall–Kier alpha value is -2.57. The number of carbonyl (C=O) groups excluding carboxylic acids is 1. The van der Waals surface area contributed by atoms with E-state index in [1.807, 2.05) is 61.9 Å². The monoisotopic (exact) mass is 357 g/mol. The summed E-state index contributed by atoms with van der Waals surface area (Å²) < 4.78 is 5.54. The molecule has 0 bridgehead atoms. The van der Waals surface area contributed by atoms with Crippen LogP contribution in [0.4, 0.5) is 16.4 Å². The minimum atomic E-state index is -0.496. The topological polar surface area (TPSA) is 84.6 Å². The molecule has 7 heteroatoms. The first kappa shape index (κ1) is 18.2. The molecule has 1 aromatic heterocycles. The number of anilines is 2. The average molecular weight is 357 g/mol. The minimum Gasteiger partial charge on any atom is -0.444 e. The Kier molecular flexibility index (Phi) is 4.89. The summed E-state index contributed by atoms with van der Waals surface area (Å²) in [6.07, 6.45) is 1.65. The molecule has 2 aromatic rings. The van der Waals surface area contributed by atoms with Crippen molar-refractivity contribution in [1.82, 2.24) is 14.9 Å². The van der Waals surface area contributed by atoms with Gasteiger partial charge in [-0.05, 0) is 45.7 Å². The van der Waals surface area contributed by atoms with Gasteiger partial charge in [0.1, 0.15) is 5.60 Å². The van der Waals surface area contributed by atoms with Gasteiger partial charge in [0.15, 0.2) is 11.6 Å². The van der Waals surface area contributed by atoms with E-state index in [0.29, 0.717) is 24.7 Å². The van der Waals surface area contributed by atoms with Crippen molar-refractivity contribution in [2.45, 2.75) is 45.3 Å². The third-order valence-electron chi connectivity index (χ3n) is 4.43. The lowest BCUT2D eigenvalue weighted by Gasteiger charge is -2.31. The molecule has 0 spiro atoms. The second kappa shape index (κ2) is 6.97. The van der Waals surface area contributed by atoms with Crippen LogP contribution >= 0.6 is 0 Å². The van der Waals surface area contributed by atoms with Gasteiger partial charge >= 0.3 is 6.09 Å². The highest BCUT2D eigenvalue weighted by Crippen LogP contribution is 2.25. The molecule has 1 saturated heterocycles. The predicted molar refractivity (Wildman–Crippen MR) is 103 cm³/mol. The van der Waals surface area contributed by atoms with Crippen LogP contribution in [0.2, 0.25) is 0 Å². The zero-order chi connectivity index (χ0) is 18.9. The second-order valence-electron chi connectivity index (χ2n) is 7.77. The molecule has 1 aliphatic rings. The highest BCUT2D eigenvalue weighted by molar-refractivity contribution is 5.79. The number of hydrogen-bond acceptors (Lipinski definition) is 6. The fraction of sp³-hybridized carbons (Fsp3) is 0.526. The number of nitrogen functional groups attached to an aromatic ring is 1. The van der Waals surface area contributed by atoms with Gasteiger partial charge in [-0.15, -0.1) is 0 Å². The number of hydrogen-bond donors (Lipinski definition) is 1. The predicted octanol–water partition coefficient (Wildman–Crippen LogP) is 3.05. The number of amides is 1. The number of para-hydroxylation sites is 2. The van der Waals surface area contributed by atoms with Crippen molar-refractivity contribution in [2.24, 2.45) is 0 Å². The van der Waals surface area contributed by atoms with E-state index in [4.69, 9.17) is 10.5 Å². The van der Waals surface area contributed by atoms with Gasteiger partial charge in [-0.25, -0.2) is 14.8 Å². The van der Waals surface area contributed by atoms with E-state index < -0.39 is 5.60 Å². The molecule has 1 aliphatic heterocycles. The van der Waals surface area contributed by atoms with Gasteiger partial charge in [-0.1, -0.05) is 12.1 Å². The van der Waals surface area contributed by atoms with Crippen molar-refractivity contribution in [2.75, 3.05) is 30.8 Å². The van der Waals surface area contributed by atoms with E-state index in [-0.39, 0.29) is 12.1 Å². The number of benzene rings is 1. The van der Waals surface area contributed by atoms with Gasteiger partial charge in [-0.3, -0.25) is 0 Å². The van der Waals surface area contributed by atoms with E-state index in [1.165, 1.54) is 0 Å². The van der Waals surface area contributed by atoms with Crippen molar-refractivity contribution >= 4 is 28.8 Å². The van der Waals surface area contributed by atoms with E-state index in [1.54, 1.807) is 0 Å². The van der Waals surface area contributed by atoms with Crippen molar-refractivity contribution in [3.63, 3.8) is 0 Å². The fourth-order valence-corrected chi connectivity index (χ4v) is 3.27. The third kappa shape index (κ3) is 3.98. The van der Waals surface area contributed by atoms with Gasteiger partial charge in [0.05, 0.1) is 17.1 Å². The van der Waals surface area contributed by atoms with Crippen LogP contribution in [-0.4, -0.2) is 52.7 Å². The van der Waals surface area contributed by atoms with Gasteiger partial charge in [-0.2, -0.15) is 0 Å². The van der Waals surface area contributed by atoms with Crippen LogP contribution in [0.25, 0.3) is 11.0 Å². The summed E-state index contributed by atoms with van der Waals surface area (Å²) in [5, 5.41) is 0. The minimum absolute atomic E-state index is 0.0718. The second-order valence-corrected chi connectivity index (χ2v) is 7.77. The zero-order valence-corrected chi connectivity index (χ0v) is 15.9. The van der Waals surface area contributed by atoms with Crippen molar-refractivity contribution < 1.29 is 9.53 Å². The summed E-state index contributed by atoms with van der Waals surface area (Å²) in [5.74, 6) is 1.03. The van der Waals surface area contributed by atoms with Crippen LogP contribution in [0.1, 0.15) is 33.6 Å². The van der Waals surface area contributed by atoms with Gasteiger partial charge in [0, 0.05) is 20.1 Å². The molecule has 1 atom stereocenters. The average Bonchev–Trinajstić information content (AvgIpc) is 3.00. The molecule has 1 aromatic carbocycles. The Morgan fingerprint density at radius 2 is 1.96 bits per heavy atom. The zero-order valence-electron chi connectivity index (χ0n) is 15.9. The van der Waals surface area contributed by atoms with E-state index in [2.05, 4.69) is 9.97 Å². The molecular weight excluding hydrogens is 330 g/mol. The number of nitrogens with zero attached hydrogens (tertiary/aromatic N) is 4. The summed E-state index contributed by atoms with van der Waals surface area (Å²) in [5.41, 5.74) is 7.20. The number of carbonyl (C=O) groups is 1. The Balaban J connectivity index is 1.75. The molecule has 2 N–H and O–H groups in total. The summed E-state index contributed by atoms with van der Waals surface area (Å²) >= 11 is 0. The van der Waals surface area contributed by atoms with E-state index in [9.17, 15) is 4.79 Å². The maximum absolute atomic E-state index is 12.5. The summed E-state index contributed by atoms with van der Waals surface area (Å²) in [4.78, 5) is 25.3. The Morgan fingerprint density at radius 3 is 2.62 bits per heavy atom. The maximum Gasteiger partial charge on any atom is 0.410 e. The molecule has 26 heavy (non-hydrogen) atoms. The number of aromatic nitrogens is 2. The molecule has 0 aliphatic carbocycles. The molecule has 0 radical (unpaired) electrons. The summed E-state index contributed by atoms with van der Waals surface area (Å²) in [7, 11) is 1.93. The lowest BCUT2D eigenvalue weighted by atomic mass is 10.2. The molecular formula is C19H27N5O2.